The minimum Gasteiger partial charge on any atom is -0.493 e. The summed E-state index contributed by atoms with van der Waals surface area (Å²) in [4.78, 5) is 2.38. The lowest BCUT2D eigenvalue weighted by atomic mass is 9.88. The summed E-state index contributed by atoms with van der Waals surface area (Å²) in [6.07, 6.45) is 3.71. The standard InChI is InChI=1S/C16H24N2O/c1-17-11-16(7-8-16)15(18(2)3)13-4-5-14-12(10-13)6-9-19-14/h4-5,10,15,17H,6-9,11H2,1-3H3. The van der Waals surface area contributed by atoms with Crippen LogP contribution in [0, 0.1) is 5.41 Å². The van der Waals surface area contributed by atoms with Gasteiger partial charge in [0, 0.05) is 24.4 Å². The summed E-state index contributed by atoms with van der Waals surface area (Å²) in [5.74, 6) is 1.08. The first kappa shape index (κ1) is 12.9. The average Bonchev–Trinajstić information content (AvgIpc) is 2.98. The zero-order valence-electron chi connectivity index (χ0n) is 12.2. The molecule has 3 heteroatoms. The SMILES string of the molecule is CNCC1(C(c2ccc3c(c2)CCO3)N(C)C)CC1. The molecule has 104 valence electrons. The number of rotatable bonds is 5. The van der Waals surface area contributed by atoms with Gasteiger partial charge in [-0.1, -0.05) is 12.1 Å². The second-order valence-corrected chi connectivity index (χ2v) is 6.22. The number of hydrogen-bond donors (Lipinski definition) is 1. The minimum atomic E-state index is 0.423. The monoisotopic (exact) mass is 260 g/mol. The smallest absolute Gasteiger partial charge is 0.122 e. The second-order valence-electron chi connectivity index (χ2n) is 6.22. The number of benzene rings is 1. The molecule has 0 aromatic heterocycles. The first-order chi connectivity index (χ1) is 9.16. The number of ether oxygens (including phenoxy) is 1. The van der Waals surface area contributed by atoms with E-state index >= 15 is 0 Å². The van der Waals surface area contributed by atoms with Crippen LogP contribution in [0.4, 0.5) is 0 Å². The summed E-state index contributed by atoms with van der Waals surface area (Å²) in [6, 6.07) is 7.28. The Kier molecular flexibility index (Phi) is 3.27. The zero-order valence-corrected chi connectivity index (χ0v) is 12.2. The molecule has 1 aliphatic heterocycles. The predicted molar refractivity (Wildman–Crippen MR) is 77.7 cm³/mol. The molecule has 1 unspecified atom stereocenters. The Labute approximate surface area is 115 Å². The van der Waals surface area contributed by atoms with Crippen LogP contribution < -0.4 is 10.1 Å². The maximum absolute atomic E-state index is 5.62. The van der Waals surface area contributed by atoms with Crippen LogP contribution >= 0.6 is 0 Å². The summed E-state index contributed by atoms with van der Waals surface area (Å²) >= 11 is 0. The van der Waals surface area contributed by atoms with Crippen molar-refractivity contribution in [3.8, 4) is 5.75 Å². The van der Waals surface area contributed by atoms with Crippen molar-refractivity contribution < 1.29 is 4.74 Å². The van der Waals surface area contributed by atoms with Gasteiger partial charge in [-0.25, -0.2) is 0 Å². The molecule has 0 saturated heterocycles. The van der Waals surface area contributed by atoms with Crippen LogP contribution in [0.5, 0.6) is 5.75 Å². The lowest BCUT2D eigenvalue weighted by Crippen LogP contribution is -2.34. The van der Waals surface area contributed by atoms with Crippen molar-refractivity contribution in [3.63, 3.8) is 0 Å². The Balaban J connectivity index is 1.92. The highest BCUT2D eigenvalue weighted by Gasteiger charge is 2.50. The highest BCUT2D eigenvalue weighted by Crippen LogP contribution is 2.56. The molecule has 1 aliphatic carbocycles. The fraction of sp³-hybridized carbons (Fsp3) is 0.625. The summed E-state index contributed by atoms with van der Waals surface area (Å²) in [6.45, 7) is 1.94. The van der Waals surface area contributed by atoms with E-state index in [1.54, 1.807) is 0 Å². The molecule has 2 aliphatic rings. The summed E-state index contributed by atoms with van der Waals surface area (Å²) in [5.41, 5.74) is 3.25. The van der Waals surface area contributed by atoms with Crippen LogP contribution in [-0.4, -0.2) is 39.2 Å². The quantitative estimate of drug-likeness (QED) is 0.878. The molecule has 1 saturated carbocycles. The van der Waals surface area contributed by atoms with E-state index < -0.39 is 0 Å². The topological polar surface area (TPSA) is 24.5 Å². The average molecular weight is 260 g/mol. The van der Waals surface area contributed by atoms with Gasteiger partial charge in [-0.05, 0) is 51.2 Å². The summed E-state index contributed by atoms with van der Waals surface area (Å²) < 4.78 is 5.62. The van der Waals surface area contributed by atoms with Gasteiger partial charge in [-0.2, -0.15) is 0 Å². The van der Waals surface area contributed by atoms with Gasteiger partial charge < -0.3 is 15.0 Å². The molecule has 0 spiro atoms. The lowest BCUT2D eigenvalue weighted by molar-refractivity contribution is 0.191. The third-order valence-corrected chi connectivity index (χ3v) is 4.55. The largest absolute Gasteiger partial charge is 0.493 e. The molecule has 1 N–H and O–H groups in total. The molecular formula is C16H24N2O. The highest BCUT2D eigenvalue weighted by molar-refractivity contribution is 5.41. The van der Waals surface area contributed by atoms with Gasteiger partial charge in [0.1, 0.15) is 5.75 Å². The van der Waals surface area contributed by atoms with Gasteiger partial charge >= 0.3 is 0 Å². The van der Waals surface area contributed by atoms with Crippen molar-refractivity contribution in [2.24, 2.45) is 5.41 Å². The Morgan fingerprint density at radius 1 is 1.37 bits per heavy atom. The lowest BCUT2D eigenvalue weighted by Gasteiger charge is -2.33. The molecule has 1 aromatic carbocycles. The number of nitrogens with one attached hydrogen (secondary N) is 1. The van der Waals surface area contributed by atoms with E-state index in [4.69, 9.17) is 4.74 Å². The molecule has 1 fully saturated rings. The number of fused-ring (bicyclic) bond motifs is 1. The van der Waals surface area contributed by atoms with Crippen molar-refractivity contribution in [2.45, 2.75) is 25.3 Å². The van der Waals surface area contributed by atoms with Crippen LogP contribution in [0.25, 0.3) is 0 Å². The molecular weight excluding hydrogens is 236 g/mol. The predicted octanol–water partition coefficient (Wildman–Crippen LogP) is 2.22. The third-order valence-electron chi connectivity index (χ3n) is 4.55. The molecule has 1 aromatic rings. The van der Waals surface area contributed by atoms with Gasteiger partial charge in [0.15, 0.2) is 0 Å². The first-order valence-electron chi connectivity index (χ1n) is 7.23. The summed E-state index contributed by atoms with van der Waals surface area (Å²) in [7, 11) is 6.46. The Morgan fingerprint density at radius 2 is 2.16 bits per heavy atom. The van der Waals surface area contributed by atoms with E-state index in [1.807, 2.05) is 0 Å². The Morgan fingerprint density at radius 3 is 2.79 bits per heavy atom. The fourth-order valence-corrected chi connectivity index (χ4v) is 3.64. The van der Waals surface area contributed by atoms with E-state index in [0.29, 0.717) is 11.5 Å². The molecule has 3 nitrogen and oxygen atoms in total. The zero-order chi connectivity index (χ0) is 13.5. The van der Waals surface area contributed by atoms with E-state index in [2.05, 4.69) is 49.6 Å². The van der Waals surface area contributed by atoms with Crippen LogP contribution in [0.3, 0.4) is 0 Å². The van der Waals surface area contributed by atoms with Gasteiger partial charge in [0.05, 0.1) is 6.61 Å². The van der Waals surface area contributed by atoms with Crippen LogP contribution in [0.2, 0.25) is 0 Å². The van der Waals surface area contributed by atoms with E-state index in [9.17, 15) is 0 Å². The number of nitrogens with zero attached hydrogens (tertiary/aromatic N) is 1. The first-order valence-corrected chi connectivity index (χ1v) is 7.23. The van der Waals surface area contributed by atoms with Crippen molar-refractivity contribution in [1.29, 1.82) is 0 Å². The molecule has 1 atom stereocenters. The maximum Gasteiger partial charge on any atom is 0.122 e. The third kappa shape index (κ3) is 2.26. The fourth-order valence-electron chi connectivity index (χ4n) is 3.64. The summed E-state index contributed by atoms with van der Waals surface area (Å²) in [5, 5.41) is 3.38. The molecule has 0 bridgehead atoms. The van der Waals surface area contributed by atoms with E-state index in [1.165, 1.54) is 24.0 Å². The van der Waals surface area contributed by atoms with Crippen LogP contribution in [0.1, 0.15) is 30.0 Å². The van der Waals surface area contributed by atoms with E-state index in [0.717, 1.165) is 25.3 Å². The van der Waals surface area contributed by atoms with Gasteiger partial charge in [0.2, 0.25) is 0 Å². The Bertz CT molecular complexity index is 466. The Hall–Kier alpha value is -1.06. The maximum atomic E-state index is 5.62. The molecule has 1 heterocycles. The van der Waals surface area contributed by atoms with Gasteiger partial charge in [0.25, 0.3) is 0 Å². The van der Waals surface area contributed by atoms with Crippen molar-refractivity contribution in [1.82, 2.24) is 10.2 Å². The number of hydrogen-bond acceptors (Lipinski definition) is 3. The second kappa shape index (κ2) is 4.80. The van der Waals surface area contributed by atoms with E-state index in [-0.39, 0.29) is 0 Å². The highest BCUT2D eigenvalue weighted by atomic mass is 16.5. The van der Waals surface area contributed by atoms with Crippen molar-refractivity contribution in [2.75, 3.05) is 34.3 Å². The molecule has 3 rings (SSSR count). The van der Waals surface area contributed by atoms with Crippen LogP contribution in [-0.2, 0) is 6.42 Å². The van der Waals surface area contributed by atoms with Crippen LogP contribution in [0.15, 0.2) is 18.2 Å². The van der Waals surface area contributed by atoms with Gasteiger partial charge in [-0.3, -0.25) is 0 Å². The van der Waals surface area contributed by atoms with Crippen molar-refractivity contribution >= 4 is 0 Å². The van der Waals surface area contributed by atoms with Crippen molar-refractivity contribution in [3.05, 3.63) is 29.3 Å². The molecule has 0 radical (unpaired) electrons. The molecule has 19 heavy (non-hydrogen) atoms. The normalized spacial score (nSPS) is 21.1. The molecule has 0 amide bonds. The van der Waals surface area contributed by atoms with Gasteiger partial charge in [-0.15, -0.1) is 0 Å². The minimum absolute atomic E-state index is 0.423.